The number of nitrogens with zero attached hydrogens (tertiary/aromatic N) is 1. The van der Waals surface area contributed by atoms with Crippen molar-refractivity contribution in [2.45, 2.75) is 5.41 Å². The van der Waals surface area contributed by atoms with Gasteiger partial charge < -0.3 is 9.32 Å². The van der Waals surface area contributed by atoms with Crippen molar-refractivity contribution in [1.29, 1.82) is 0 Å². The molecule has 0 fully saturated rings. The van der Waals surface area contributed by atoms with E-state index in [9.17, 15) is 0 Å². The van der Waals surface area contributed by atoms with Crippen LogP contribution in [0.4, 0.5) is 17.1 Å². The number of rotatable bonds is 4. The van der Waals surface area contributed by atoms with Gasteiger partial charge >= 0.3 is 0 Å². The summed E-state index contributed by atoms with van der Waals surface area (Å²) in [5.74, 6) is 0. The van der Waals surface area contributed by atoms with Crippen LogP contribution in [0.25, 0.3) is 66.1 Å². The van der Waals surface area contributed by atoms with Crippen LogP contribution in [-0.4, -0.2) is 0 Å². The van der Waals surface area contributed by atoms with Crippen molar-refractivity contribution < 1.29 is 4.42 Å². The molecule has 12 rings (SSSR count). The van der Waals surface area contributed by atoms with Gasteiger partial charge in [-0.05, 0) is 133 Å². The first-order chi connectivity index (χ1) is 27.3. The smallest absolute Gasteiger partial charge is 0.135 e. The summed E-state index contributed by atoms with van der Waals surface area (Å²) in [6.07, 6.45) is 0. The number of benzene rings is 9. The van der Waals surface area contributed by atoms with E-state index in [1.807, 2.05) is 12.1 Å². The second kappa shape index (κ2) is 11.4. The van der Waals surface area contributed by atoms with Crippen LogP contribution in [0.15, 0.2) is 205 Å². The van der Waals surface area contributed by atoms with E-state index < -0.39 is 5.41 Å². The van der Waals surface area contributed by atoms with Crippen LogP contribution in [-0.2, 0) is 5.41 Å². The SMILES string of the molecule is c1ccc(N(c2ccc(-c3ccc4oc5ccccc5c4c3)cc2)c2ccc3c(c2)C2(c4ccccc4-3)c3ccccc3-c3cc4ccccc4cc32)cc1. The summed E-state index contributed by atoms with van der Waals surface area (Å²) in [7, 11) is 0. The fourth-order valence-electron chi connectivity index (χ4n) is 9.68. The van der Waals surface area contributed by atoms with Gasteiger partial charge in [0.1, 0.15) is 11.2 Å². The van der Waals surface area contributed by atoms with Crippen LogP contribution in [0.2, 0.25) is 0 Å². The molecule has 0 saturated heterocycles. The molecule has 0 bridgehead atoms. The molecule has 1 unspecified atom stereocenters. The Morgan fingerprint density at radius 3 is 1.69 bits per heavy atom. The van der Waals surface area contributed by atoms with Crippen LogP contribution >= 0.6 is 0 Å². The van der Waals surface area contributed by atoms with E-state index in [1.54, 1.807) is 0 Å². The molecular formula is C53H33NO. The summed E-state index contributed by atoms with van der Waals surface area (Å²) in [6, 6.07) is 73.4. The van der Waals surface area contributed by atoms with Gasteiger partial charge in [0, 0.05) is 27.8 Å². The Morgan fingerprint density at radius 2 is 0.891 bits per heavy atom. The number of hydrogen-bond acceptors (Lipinski definition) is 2. The van der Waals surface area contributed by atoms with Crippen molar-refractivity contribution in [3.8, 4) is 33.4 Å². The van der Waals surface area contributed by atoms with Gasteiger partial charge in [-0.15, -0.1) is 0 Å². The molecule has 2 nitrogen and oxygen atoms in total. The summed E-state index contributed by atoms with van der Waals surface area (Å²) < 4.78 is 6.13. The van der Waals surface area contributed by atoms with Gasteiger partial charge in [-0.1, -0.05) is 133 Å². The van der Waals surface area contributed by atoms with Crippen LogP contribution in [0.1, 0.15) is 22.3 Å². The fraction of sp³-hybridized carbons (Fsp3) is 0.0189. The number of anilines is 3. The third-order valence-electron chi connectivity index (χ3n) is 12.0. The molecule has 0 saturated carbocycles. The number of para-hydroxylation sites is 2. The van der Waals surface area contributed by atoms with E-state index in [0.717, 1.165) is 39.0 Å². The molecule has 9 aromatic carbocycles. The van der Waals surface area contributed by atoms with Gasteiger partial charge in [0.2, 0.25) is 0 Å². The molecule has 2 aliphatic carbocycles. The minimum Gasteiger partial charge on any atom is -0.456 e. The average molecular weight is 700 g/mol. The summed E-state index contributed by atoms with van der Waals surface area (Å²) in [5, 5.41) is 4.81. The molecule has 55 heavy (non-hydrogen) atoms. The van der Waals surface area contributed by atoms with Crippen molar-refractivity contribution in [1.82, 2.24) is 0 Å². The Bertz CT molecular complexity index is 3160. The summed E-state index contributed by atoms with van der Waals surface area (Å²) >= 11 is 0. The van der Waals surface area contributed by atoms with E-state index in [-0.39, 0.29) is 0 Å². The topological polar surface area (TPSA) is 16.4 Å². The second-order valence-electron chi connectivity index (χ2n) is 14.8. The van der Waals surface area contributed by atoms with Gasteiger partial charge in [-0.2, -0.15) is 0 Å². The molecule has 0 amide bonds. The first-order valence-electron chi connectivity index (χ1n) is 19.0. The van der Waals surface area contributed by atoms with Gasteiger partial charge in [-0.3, -0.25) is 0 Å². The Kier molecular flexibility index (Phi) is 6.29. The van der Waals surface area contributed by atoms with Crippen LogP contribution in [0.5, 0.6) is 0 Å². The molecule has 1 heterocycles. The normalized spacial score (nSPS) is 15.0. The van der Waals surface area contributed by atoms with Crippen molar-refractivity contribution in [2.75, 3.05) is 4.90 Å². The fourth-order valence-corrected chi connectivity index (χ4v) is 9.68. The molecule has 0 radical (unpaired) electrons. The quantitative estimate of drug-likeness (QED) is 0.182. The van der Waals surface area contributed by atoms with Gasteiger partial charge in [-0.25, -0.2) is 0 Å². The second-order valence-corrected chi connectivity index (χ2v) is 14.8. The third kappa shape index (κ3) is 4.25. The zero-order chi connectivity index (χ0) is 36.1. The van der Waals surface area contributed by atoms with Crippen molar-refractivity contribution in [2.24, 2.45) is 0 Å². The van der Waals surface area contributed by atoms with Gasteiger partial charge in [0.25, 0.3) is 0 Å². The highest BCUT2D eigenvalue weighted by Gasteiger charge is 2.51. The zero-order valence-electron chi connectivity index (χ0n) is 29.9. The monoisotopic (exact) mass is 699 g/mol. The van der Waals surface area contributed by atoms with Gasteiger partial charge in [0.15, 0.2) is 0 Å². The summed E-state index contributed by atoms with van der Waals surface area (Å²) in [4.78, 5) is 2.40. The maximum absolute atomic E-state index is 6.13. The van der Waals surface area contributed by atoms with Crippen molar-refractivity contribution in [3.05, 3.63) is 222 Å². The molecule has 2 aliphatic rings. The highest BCUT2D eigenvalue weighted by molar-refractivity contribution is 6.06. The van der Waals surface area contributed by atoms with E-state index in [0.29, 0.717) is 0 Å². The standard InChI is InChI=1S/C53H33NO/c1-2-14-38(15-3-1)54(39-25-22-34(23-26-39)37-24-29-52-46(31-37)44-18-8-11-21-51(44)55-52)40-27-28-43-41-16-6-9-19-47(41)53(50(43)33-40)48-20-10-7-17-42(48)45-30-35-12-4-5-13-36(35)32-49(45)53/h1-33H. The van der Waals surface area contributed by atoms with Crippen LogP contribution in [0, 0.1) is 0 Å². The third-order valence-corrected chi connectivity index (χ3v) is 12.0. The number of furan rings is 1. The molecule has 0 N–H and O–H groups in total. The maximum atomic E-state index is 6.13. The van der Waals surface area contributed by atoms with E-state index in [1.165, 1.54) is 66.4 Å². The lowest BCUT2D eigenvalue weighted by atomic mass is 9.70. The lowest BCUT2D eigenvalue weighted by Crippen LogP contribution is -2.26. The van der Waals surface area contributed by atoms with Crippen LogP contribution < -0.4 is 4.90 Å². The lowest BCUT2D eigenvalue weighted by molar-refractivity contribution is 0.669. The van der Waals surface area contributed by atoms with Gasteiger partial charge in [0.05, 0.1) is 5.41 Å². The highest BCUT2D eigenvalue weighted by Crippen LogP contribution is 2.63. The first-order valence-corrected chi connectivity index (χ1v) is 19.0. The first kappa shape index (κ1) is 30.3. The van der Waals surface area contributed by atoms with E-state index in [4.69, 9.17) is 4.42 Å². The molecule has 2 heteroatoms. The summed E-state index contributed by atoms with van der Waals surface area (Å²) in [6.45, 7) is 0. The molecule has 1 aromatic heterocycles. The minimum atomic E-state index is -0.444. The largest absolute Gasteiger partial charge is 0.456 e. The summed E-state index contributed by atoms with van der Waals surface area (Å²) in [5.41, 5.74) is 17.7. The average Bonchev–Trinajstić information content (AvgIpc) is 3.87. The Balaban J connectivity index is 1.05. The molecule has 10 aromatic rings. The Hall–Kier alpha value is -7.16. The predicted molar refractivity (Wildman–Crippen MR) is 228 cm³/mol. The lowest BCUT2D eigenvalue weighted by Gasteiger charge is -2.32. The minimum absolute atomic E-state index is 0.444. The highest BCUT2D eigenvalue weighted by atomic mass is 16.3. The van der Waals surface area contributed by atoms with Crippen LogP contribution in [0.3, 0.4) is 0 Å². The number of hydrogen-bond donors (Lipinski definition) is 0. The zero-order valence-corrected chi connectivity index (χ0v) is 29.9. The molecular weight excluding hydrogens is 667 g/mol. The van der Waals surface area contributed by atoms with Crippen molar-refractivity contribution in [3.63, 3.8) is 0 Å². The molecule has 256 valence electrons. The predicted octanol–water partition coefficient (Wildman–Crippen LogP) is 14.2. The Labute approximate surface area is 319 Å². The molecule has 1 atom stereocenters. The Morgan fingerprint density at radius 1 is 0.327 bits per heavy atom. The van der Waals surface area contributed by atoms with E-state index in [2.05, 4.69) is 193 Å². The number of fused-ring (bicyclic) bond motifs is 14. The molecule has 0 aliphatic heterocycles. The molecule has 1 spiro atoms. The maximum Gasteiger partial charge on any atom is 0.135 e. The van der Waals surface area contributed by atoms with E-state index >= 15 is 0 Å². The van der Waals surface area contributed by atoms with Crippen molar-refractivity contribution >= 4 is 49.8 Å².